The third kappa shape index (κ3) is 2.41. The maximum atomic E-state index is 12.8. The van der Waals surface area contributed by atoms with Gasteiger partial charge in [-0.05, 0) is 37.0 Å². The van der Waals surface area contributed by atoms with Gasteiger partial charge >= 0.3 is 0 Å². The Bertz CT molecular complexity index is 409. The monoisotopic (exact) mass is 253 g/mol. The standard InChI is InChI=1S/C15H21F2N/c1-11-5-6-12(14(16)17)9-13(11)15(10-18)7-3-2-4-8-15/h5-6,9,14H,2-4,7-8,10,18H2,1H3. The molecule has 100 valence electrons. The topological polar surface area (TPSA) is 26.0 Å². The second-order valence-electron chi connectivity index (χ2n) is 5.42. The lowest BCUT2D eigenvalue weighted by molar-refractivity contribution is 0.151. The molecule has 18 heavy (non-hydrogen) atoms. The normalized spacial score (nSPS) is 19.2. The van der Waals surface area contributed by atoms with Crippen molar-refractivity contribution >= 4 is 0 Å². The van der Waals surface area contributed by atoms with Gasteiger partial charge in [0.15, 0.2) is 0 Å². The lowest BCUT2D eigenvalue weighted by atomic mass is 9.68. The minimum Gasteiger partial charge on any atom is -0.330 e. The molecule has 0 bridgehead atoms. The SMILES string of the molecule is Cc1ccc(C(F)F)cc1C1(CN)CCCCC1. The fourth-order valence-electron chi connectivity index (χ4n) is 3.16. The van der Waals surface area contributed by atoms with Crippen LogP contribution in [0.1, 0.15) is 55.2 Å². The van der Waals surface area contributed by atoms with E-state index in [0.717, 1.165) is 36.8 Å². The first-order chi connectivity index (χ1) is 8.59. The van der Waals surface area contributed by atoms with Crippen molar-refractivity contribution in [3.8, 4) is 0 Å². The van der Waals surface area contributed by atoms with Gasteiger partial charge in [0.25, 0.3) is 6.43 Å². The summed E-state index contributed by atoms with van der Waals surface area (Å²) in [7, 11) is 0. The fraction of sp³-hybridized carbons (Fsp3) is 0.600. The van der Waals surface area contributed by atoms with E-state index in [1.54, 1.807) is 6.07 Å². The van der Waals surface area contributed by atoms with Gasteiger partial charge in [-0.15, -0.1) is 0 Å². The third-order valence-electron chi connectivity index (χ3n) is 4.29. The molecule has 1 aromatic rings. The highest BCUT2D eigenvalue weighted by atomic mass is 19.3. The van der Waals surface area contributed by atoms with Gasteiger partial charge in [0.05, 0.1) is 0 Å². The molecule has 1 nitrogen and oxygen atoms in total. The first-order valence-electron chi connectivity index (χ1n) is 6.68. The largest absolute Gasteiger partial charge is 0.330 e. The van der Waals surface area contributed by atoms with Crippen molar-refractivity contribution in [2.24, 2.45) is 5.73 Å². The number of halogens is 2. The van der Waals surface area contributed by atoms with Gasteiger partial charge in [0, 0.05) is 17.5 Å². The van der Waals surface area contributed by atoms with E-state index in [2.05, 4.69) is 0 Å². The van der Waals surface area contributed by atoms with Crippen molar-refractivity contribution in [2.75, 3.05) is 6.54 Å². The molecule has 0 unspecified atom stereocenters. The summed E-state index contributed by atoms with van der Waals surface area (Å²) in [6.07, 6.45) is 3.18. The third-order valence-corrected chi connectivity index (χ3v) is 4.29. The zero-order valence-electron chi connectivity index (χ0n) is 10.9. The molecule has 0 amide bonds. The Labute approximate surface area is 107 Å². The number of nitrogens with two attached hydrogens (primary N) is 1. The second kappa shape index (κ2) is 5.35. The zero-order valence-corrected chi connectivity index (χ0v) is 10.9. The lowest BCUT2D eigenvalue weighted by Crippen LogP contribution is -2.37. The van der Waals surface area contributed by atoms with E-state index in [1.165, 1.54) is 12.5 Å². The average molecular weight is 253 g/mol. The van der Waals surface area contributed by atoms with Gasteiger partial charge in [-0.25, -0.2) is 8.78 Å². The van der Waals surface area contributed by atoms with E-state index in [0.29, 0.717) is 6.54 Å². The van der Waals surface area contributed by atoms with Crippen LogP contribution in [0.15, 0.2) is 18.2 Å². The Morgan fingerprint density at radius 1 is 1.22 bits per heavy atom. The van der Waals surface area contributed by atoms with Crippen molar-refractivity contribution in [3.05, 3.63) is 34.9 Å². The van der Waals surface area contributed by atoms with E-state index in [9.17, 15) is 8.78 Å². The Morgan fingerprint density at radius 2 is 1.89 bits per heavy atom. The molecule has 3 heteroatoms. The van der Waals surface area contributed by atoms with Gasteiger partial charge in [0.2, 0.25) is 0 Å². The average Bonchev–Trinajstić information content (AvgIpc) is 2.39. The molecule has 0 atom stereocenters. The number of benzene rings is 1. The Balaban J connectivity index is 2.43. The summed E-state index contributed by atoms with van der Waals surface area (Å²) in [5.74, 6) is 0. The molecule has 1 fully saturated rings. The molecular weight excluding hydrogens is 232 g/mol. The van der Waals surface area contributed by atoms with Crippen LogP contribution in [0.4, 0.5) is 8.78 Å². The van der Waals surface area contributed by atoms with Gasteiger partial charge in [-0.2, -0.15) is 0 Å². The molecule has 2 rings (SSSR count). The molecule has 1 aliphatic rings. The quantitative estimate of drug-likeness (QED) is 0.862. The summed E-state index contributed by atoms with van der Waals surface area (Å²) in [4.78, 5) is 0. The number of hydrogen-bond acceptors (Lipinski definition) is 1. The highest BCUT2D eigenvalue weighted by molar-refractivity contribution is 5.38. The van der Waals surface area contributed by atoms with Crippen LogP contribution in [-0.4, -0.2) is 6.54 Å². The van der Waals surface area contributed by atoms with Crippen LogP contribution in [0.25, 0.3) is 0 Å². The summed E-state index contributed by atoms with van der Waals surface area (Å²) in [5, 5.41) is 0. The second-order valence-corrected chi connectivity index (χ2v) is 5.42. The van der Waals surface area contributed by atoms with Crippen molar-refractivity contribution in [1.29, 1.82) is 0 Å². The fourth-order valence-corrected chi connectivity index (χ4v) is 3.16. The Kier molecular flexibility index (Phi) is 4.00. The van der Waals surface area contributed by atoms with Crippen LogP contribution in [0.2, 0.25) is 0 Å². The predicted molar refractivity (Wildman–Crippen MR) is 70.0 cm³/mol. The van der Waals surface area contributed by atoms with E-state index in [4.69, 9.17) is 5.73 Å². The zero-order chi connectivity index (χ0) is 13.2. The van der Waals surface area contributed by atoms with Crippen LogP contribution in [0.3, 0.4) is 0 Å². The summed E-state index contributed by atoms with van der Waals surface area (Å²) in [6.45, 7) is 2.55. The summed E-state index contributed by atoms with van der Waals surface area (Å²) in [5.41, 5.74) is 8.15. The van der Waals surface area contributed by atoms with Gasteiger partial charge in [-0.3, -0.25) is 0 Å². The van der Waals surface area contributed by atoms with Crippen LogP contribution in [0, 0.1) is 6.92 Å². The van der Waals surface area contributed by atoms with Crippen LogP contribution in [-0.2, 0) is 5.41 Å². The van der Waals surface area contributed by atoms with Crippen molar-refractivity contribution in [3.63, 3.8) is 0 Å². The van der Waals surface area contributed by atoms with Crippen LogP contribution >= 0.6 is 0 Å². The maximum absolute atomic E-state index is 12.8. The Morgan fingerprint density at radius 3 is 2.44 bits per heavy atom. The Hall–Kier alpha value is -0.960. The minimum atomic E-state index is -2.40. The van der Waals surface area contributed by atoms with Gasteiger partial charge in [-0.1, -0.05) is 31.4 Å². The molecule has 0 spiro atoms. The molecule has 0 saturated heterocycles. The van der Waals surface area contributed by atoms with Gasteiger partial charge < -0.3 is 5.73 Å². The molecule has 1 aromatic carbocycles. The summed E-state index contributed by atoms with van der Waals surface area (Å²) >= 11 is 0. The highest BCUT2D eigenvalue weighted by Crippen LogP contribution is 2.41. The summed E-state index contributed by atoms with van der Waals surface area (Å²) < 4.78 is 25.7. The molecule has 1 aliphatic carbocycles. The molecule has 0 aliphatic heterocycles. The molecule has 1 saturated carbocycles. The molecule has 2 N–H and O–H groups in total. The molecular formula is C15H21F2N. The number of hydrogen-bond donors (Lipinski definition) is 1. The number of rotatable bonds is 3. The summed E-state index contributed by atoms with van der Waals surface area (Å²) in [6, 6.07) is 5.01. The number of aryl methyl sites for hydroxylation is 1. The smallest absolute Gasteiger partial charge is 0.263 e. The van der Waals surface area contributed by atoms with Gasteiger partial charge in [0.1, 0.15) is 0 Å². The van der Waals surface area contributed by atoms with E-state index in [-0.39, 0.29) is 11.0 Å². The van der Waals surface area contributed by atoms with Crippen molar-refractivity contribution < 1.29 is 8.78 Å². The van der Waals surface area contributed by atoms with Crippen molar-refractivity contribution in [2.45, 2.75) is 50.9 Å². The van der Waals surface area contributed by atoms with E-state index < -0.39 is 6.43 Å². The van der Waals surface area contributed by atoms with Crippen LogP contribution in [0.5, 0.6) is 0 Å². The van der Waals surface area contributed by atoms with Crippen LogP contribution < -0.4 is 5.73 Å². The van der Waals surface area contributed by atoms with Crippen molar-refractivity contribution in [1.82, 2.24) is 0 Å². The maximum Gasteiger partial charge on any atom is 0.263 e. The first-order valence-corrected chi connectivity index (χ1v) is 6.68. The molecule has 0 aromatic heterocycles. The molecule has 0 heterocycles. The van der Waals surface area contributed by atoms with E-state index in [1.807, 2.05) is 13.0 Å². The highest BCUT2D eigenvalue weighted by Gasteiger charge is 2.34. The first kappa shape index (κ1) is 13.5. The minimum absolute atomic E-state index is 0.0762. The predicted octanol–water partition coefficient (Wildman–Crippen LogP) is 4.09. The van der Waals surface area contributed by atoms with E-state index >= 15 is 0 Å². The lowest BCUT2D eigenvalue weighted by Gasteiger charge is -2.38. The molecule has 0 radical (unpaired) electrons. The number of alkyl halides is 2.